The Labute approximate surface area is 147 Å². The average Bonchev–Trinajstić information content (AvgIpc) is 3.18. The molecule has 0 spiro atoms. The largest absolute Gasteiger partial charge is 0.434 e. The predicted octanol–water partition coefficient (Wildman–Crippen LogP) is 2.84. The van der Waals surface area contributed by atoms with Crippen LogP contribution in [0.3, 0.4) is 0 Å². The summed E-state index contributed by atoms with van der Waals surface area (Å²) in [7, 11) is 0. The summed E-state index contributed by atoms with van der Waals surface area (Å²) in [5.74, 6) is -1.24. The first-order valence-corrected chi connectivity index (χ1v) is 8.14. The van der Waals surface area contributed by atoms with Crippen molar-refractivity contribution in [3.8, 4) is 5.69 Å². The van der Waals surface area contributed by atoms with Gasteiger partial charge in [-0.05, 0) is 50.1 Å². The van der Waals surface area contributed by atoms with Crippen molar-refractivity contribution in [2.75, 3.05) is 13.1 Å². The lowest BCUT2D eigenvalue weighted by atomic mass is 10.1. The molecule has 26 heavy (non-hydrogen) atoms. The van der Waals surface area contributed by atoms with E-state index in [9.17, 15) is 22.4 Å². The molecule has 1 saturated heterocycles. The van der Waals surface area contributed by atoms with Crippen LogP contribution in [-0.4, -0.2) is 39.7 Å². The summed E-state index contributed by atoms with van der Waals surface area (Å²) < 4.78 is 54.7. The Morgan fingerprint density at radius 3 is 2.50 bits per heavy atom. The minimum atomic E-state index is -4.80. The Morgan fingerprint density at radius 2 is 1.96 bits per heavy atom. The third kappa shape index (κ3) is 3.31. The van der Waals surface area contributed by atoms with Crippen LogP contribution in [0.15, 0.2) is 30.5 Å². The number of hydrogen-bond donors (Lipinski definition) is 1. The summed E-state index contributed by atoms with van der Waals surface area (Å²) in [6.07, 6.45) is -3.24. The van der Waals surface area contributed by atoms with Crippen molar-refractivity contribution >= 4 is 5.91 Å². The third-order valence-electron chi connectivity index (χ3n) is 4.59. The maximum absolute atomic E-state index is 13.7. The molecule has 1 aliphatic heterocycles. The highest BCUT2D eigenvalue weighted by Gasteiger charge is 2.43. The molecule has 1 aliphatic rings. The van der Waals surface area contributed by atoms with Gasteiger partial charge in [-0.1, -0.05) is 0 Å². The second kappa shape index (κ2) is 6.71. The van der Waals surface area contributed by atoms with Crippen LogP contribution in [-0.2, 0) is 6.18 Å². The van der Waals surface area contributed by atoms with Crippen molar-refractivity contribution in [1.82, 2.24) is 14.7 Å². The van der Waals surface area contributed by atoms with Crippen molar-refractivity contribution in [3.63, 3.8) is 0 Å². The number of halogens is 4. The van der Waals surface area contributed by atoms with Crippen molar-refractivity contribution < 1.29 is 22.4 Å². The fourth-order valence-electron chi connectivity index (χ4n) is 3.31. The highest BCUT2D eigenvalue weighted by Crippen LogP contribution is 2.35. The summed E-state index contributed by atoms with van der Waals surface area (Å²) >= 11 is 0. The number of amides is 1. The molecule has 2 aromatic rings. The number of carbonyl (C=O) groups excluding carboxylic acids is 1. The number of nitrogens with two attached hydrogens (primary N) is 1. The third-order valence-corrected chi connectivity index (χ3v) is 4.59. The van der Waals surface area contributed by atoms with E-state index >= 15 is 0 Å². The summed E-state index contributed by atoms with van der Waals surface area (Å²) in [5.41, 5.74) is 3.95. The number of aromatic nitrogens is 2. The highest BCUT2D eigenvalue weighted by molar-refractivity contribution is 5.96. The number of alkyl halides is 3. The quantitative estimate of drug-likeness (QED) is 0.845. The molecule has 1 amide bonds. The molecular formula is C17H18F4N4O. The molecule has 2 unspecified atom stereocenters. The van der Waals surface area contributed by atoms with Crippen LogP contribution in [0.2, 0.25) is 0 Å². The fraction of sp³-hybridized carbons (Fsp3) is 0.412. The van der Waals surface area contributed by atoms with E-state index in [1.165, 1.54) is 17.0 Å². The van der Waals surface area contributed by atoms with Crippen LogP contribution in [0.4, 0.5) is 17.6 Å². The fourth-order valence-corrected chi connectivity index (χ4v) is 3.31. The minimum absolute atomic E-state index is 0.0204. The monoisotopic (exact) mass is 370 g/mol. The van der Waals surface area contributed by atoms with Crippen molar-refractivity contribution in [2.24, 2.45) is 11.7 Å². The lowest BCUT2D eigenvalue weighted by molar-refractivity contribution is -0.143. The topological polar surface area (TPSA) is 64.2 Å². The van der Waals surface area contributed by atoms with Gasteiger partial charge in [0.2, 0.25) is 0 Å². The molecule has 2 heterocycles. The Balaban J connectivity index is 2.03. The summed E-state index contributed by atoms with van der Waals surface area (Å²) in [6, 6.07) is 4.22. The van der Waals surface area contributed by atoms with Gasteiger partial charge in [0, 0.05) is 12.6 Å². The molecule has 9 heteroatoms. The predicted molar refractivity (Wildman–Crippen MR) is 86.2 cm³/mol. The number of hydrogen-bond acceptors (Lipinski definition) is 3. The normalized spacial score (nSPS) is 20.6. The van der Waals surface area contributed by atoms with Gasteiger partial charge in [0.05, 0.1) is 17.4 Å². The zero-order valence-electron chi connectivity index (χ0n) is 14.0. The van der Waals surface area contributed by atoms with E-state index in [4.69, 9.17) is 5.73 Å². The molecule has 0 saturated carbocycles. The number of rotatable bonds is 3. The van der Waals surface area contributed by atoms with Crippen LogP contribution in [0.1, 0.15) is 29.4 Å². The summed E-state index contributed by atoms with van der Waals surface area (Å²) in [5, 5.41) is 3.74. The molecule has 2 N–H and O–H groups in total. The molecule has 0 radical (unpaired) electrons. The van der Waals surface area contributed by atoms with Crippen molar-refractivity contribution in [2.45, 2.75) is 25.6 Å². The zero-order chi connectivity index (χ0) is 19.1. The second-order valence-electron chi connectivity index (χ2n) is 6.44. The van der Waals surface area contributed by atoms with Crippen LogP contribution in [0.25, 0.3) is 5.69 Å². The van der Waals surface area contributed by atoms with E-state index in [-0.39, 0.29) is 17.6 Å². The van der Waals surface area contributed by atoms with Gasteiger partial charge in [-0.15, -0.1) is 0 Å². The number of nitrogens with zero attached hydrogens (tertiary/aromatic N) is 3. The molecule has 1 aromatic carbocycles. The average molecular weight is 370 g/mol. The Bertz CT molecular complexity index is 800. The first kappa shape index (κ1) is 18.4. The molecule has 2 atom stereocenters. The first-order chi connectivity index (χ1) is 12.2. The van der Waals surface area contributed by atoms with Gasteiger partial charge in [0.1, 0.15) is 5.82 Å². The molecule has 0 aliphatic carbocycles. The number of likely N-dealkylation sites (tertiary alicyclic amines) is 1. The maximum atomic E-state index is 13.7. The lowest BCUT2D eigenvalue weighted by Crippen LogP contribution is -2.35. The maximum Gasteiger partial charge on any atom is 0.434 e. The van der Waals surface area contributed by atoms with Crippen LogP contribution >= 0.6 is 0 Å². The Morgan fingerprint density at radius 1 is 1.31 bits per heavy atom. The van der Waals surface area contributed by atoms with Crippen molar-refractivity contribution in [3.05, 3.63) is 47.5 Å². The molecular weight excluding hydrogens is 352 g/mol. The van der Waals surface area contributed by atoms with Crippen LogP contribution in [0, 0.1) is 11.7 Å². The molecule has 1 aromatic heterocycles. The zero-order valence-corrected chi connectivity index (χ0v) is 14.0. The van der Waals surface area contributed by atoms with E-state index in [1.54, 1.807) is 6.92 Å². The van der Waals surface area contributed by atoms with E-state index in [2.05, 4.69) is 5.10 Å². The standard InChI is InChI=1S/C17H18F4N4O/c1-10-6-11(7-22)9-24(10)16(26)14-8-23-25(15(14)17(19,20)21)13-4-2-12(18)3-5-13/h2-5,8,10-11H,6-7,9,22H2,1H3. The van der Waals surface area contributed by atoms with Gasteiger partial charge in [-0.2, -0.15) is 18.3 Å². The van der Waals surface area contributed by atoms with Crippen LogP contribution in [0.5, 0.6) is 0 Å². The number of carbonyl (C=O) groups is 1. The van der Waals surface area contributed by atoms with Crippen LogP contribution < -0.4 is 5.73 Å². The molecule has 5 nitrogen and oxygen atoms in total. The Kier molecular flexibility index (Phi) is 4.74. The van der Waals surface area contributed by atoms with Crippen molar-refractivity contribution in [1.29, 1.82) is 0 Å². The molecule has 1 fully saturated rings. The minimum Gasteiger partial charge on any atom is -0.335 e. The lowest BCUT2D eigenvalue weighted by Gasteiger charge is -2.22. The van der Waals surface area contributed by atoms with Gasteiger partial charge in [0.15, 0.2) is 5.69 Å². The highest BCUT2D eigenvalue weighted by atomic mass is 19.4. The van der Waals surface area contributed by atoms with Gasteiger partial charge in [-0.25, -0.2) is 9.07 Å². The van der Waals surface area contributed by atoms with Gasteiger partial charge in [0.25, 0.3) is 5.91 Å². The van der Waals surface area contributed by atoms with E-state index in [0.717, 1.165) is 18.3 Å². The smallest absolute Gasteiger partial charge is 0.335 e. The summed E-state index contributed by atoms with van der Waals surface area (Å²) in [4.78, 5) is 14.2. The molecule has 0 bridgehead atoms. The first-order valence-electron chi connectivity index (χ1n) is 8.14. The summed E-state index contributed by atoms with van der Waals surface area (Å²) in [6.45, 7) is 2.47. The van der Waals surface area contributed by atoms with Gasteiger partial charge >= 0.3 is 6.18 Å². The molecule has 140 valence electrons. The Hall–Kier alpha value is -2.42. The van der Waals surface area contributed by atoms with E-state index in [1.807, 2.05) is 0 Å². The second-order valence-corrected chi connectivity index (χ2v) is 6.44. The van der Waals surface area contributed by atoms with E-state index < -0.39 is 29.2 Å². The van der Waals surface area contributed by atoms with Gasteiger partial charge in [-0.3, -0.25) is 4.79 Å². The molecule has 3 rings (SSSR count). The SMILES string of the molecule is CC1CC(CN)CN1C(=O)c1cnn(-c2ccc(F)cc2)c1C(F)(F)F. The number of benzene rings is 1. The van der Waals surface area contributed by atoms with Gasteiger partial charge < -0.3 is 10.6 Å². The van der Waals surface area contributed by atoms with E-state index in [0.29, 0.717) is 24.2 Å².